The maximum absolute atomic E-state index is 12.9. The number of hydrogen-bond donors (Lipinski definition) is 1. The fourth-order valence-corrected chi connectivity index (χ4v) is 4.51. The number of aliphatic hydroxyl groups is 1. The minimum Gasteiger partial charge on any atom is -0.394 e. The summed E-state index contributed by atoms with van der Waals surface area (Å²) in [6, 6.07) is 9.23. The second kappa shape index (κ2) is 7.71. The third-order valence-electron chi connectivity index (χ3n) is 5.71. The van der Waals surface area contributed by atoms with Crippen molar-refractivity contribution in [1.29, 1.82) is 0 Å². The lowest BCUT2D eigenvalue weighted by Gasteiger charge is -2.59. The minimum atomic E-state index is -4.62. The van der Waals surface area contributed by atoms with E-state index in [9.17, 15) is 27.9 Å². The number of alkyl halides is 3. The van der Waals surface area contributed by atoms with Crippen LogP contribution in [0.15, 0.2) is 48.8 Å². The number of carbonyl (C=O) groups excluding carboxylic acids is 2. The Hall–Kier alpha value is -2.94. The summed E-state index contributed by atoms with van der Waals surface area (Å²) in [6.07, 6.45) is -2.96. The molecule has 1 fully saturated rings. The minimum absolute atomic E-state index is 0.0358. The van der Waals surface area contributed by atoms with Crippen LogP contribution < -0.4 is 4.90 Å². The third kappa shape index (κ3) is 3.65. The van der Waals surface area contributed by atoms with Gasteiger partial charge in [0.05, 0.1) is 25.1 Å². The van der Waals surface area contributed by atoms with E-state index in [1.165, 1.54) is 4.90 Å². The summed E-state index contributed by atoms with van der Waals surface area (Å²) in [5.74, 6) is -1.55. The Labute approximate surface area is 170 Å². The molecule has 4 rings (SSSR count). The summed E-state index contributed by atoms with van der Waals surface area (Å²) in [7, 11) is 0. The van der Waals surface area contributed by atoms with Gasteiger partial charge in [0.15, 0.2) is 0 Å². The summed E-state index contributed by atoms with van der Waals surface area (Å²) in [4.78, 5) is 32.0. The van der Waals surface area contributed by atoms with Crippen molar-refractivity contribution in [1.82, 2.24) is 9.88 Å². The summed E-state index contributed by atoms with van der Waals surface area (Å²) in [6.45, 7) is -0.309. The highest BCUT2D eigenvalue weighted by Gasteiger charge is 2.55. The number of benzene rings is 1. The molecule has 0 aliphatic carbocycles. The van der Waals surface area contributed by atoms with Crippen LogP contribution in [0.25, 0.3) is 0 Å². The highest BCUT2D eigenvalue weighted by Crippen LogP contribution is 2.48. The largest absolute Gasteiger partial charge is 0.397 e. The van der Waals surface area contributed by atoms with E-state index in [-0.39, 0.29) is 31.4 Å². The van der Waals surface area contributed by atoms with Crippen LogP contribution in [0.1, 0.15) is 23.5 Å². The van der Waals surface area contributed by atoms with E-state index in [0.29, 0.717) is 16.8 Å². The topological polar surface area (TPSA) is 73.7 Å². The molecule has 158 valence electrons. The normalized spacial score (nSPS) is 22.7. The molecule has 0 radical (unpaired) electrons. The number of halogens is 3. The first-order valence-corrected chi connectivity index (χ1v) is 9.57. The molecule has 1 saturated heterocycles. The van der Waals surface area contributed by atoms with E-state index >= 15 is 0 Å². The van der Waals surface area contributed by atoms with E-state index < -0.39 is 30.6 Å². The first kappa shape index (κ1) is 20.3. The van der Waals surface area contributed by atoms with E-state index in [2.05, 4.69) is 4.98 Å². The van der Waals surface area contributed by atoms with Gasteiger partial charge in [0.25, 0.3) is 0 Å². The van der Waals surface area contributed by atoms with Crippen molar-refractivity contribution in [3.63, 3.8) is 0 Å². The van der Waals surface area contributed by atoms with Crippen molar-refractivity contribution in [2.24, 2.45) is 0 Å². The zero-order valence-electron chi connectivity index (χ0n) is 15.9. The molecule has 3 heterocycles. The average Bonchev–Trinajstić information content (AvgIpc) is 2.67. The van der Waals surface area contributed by atoms with Crippen LogP contribution in [0.5, 0.6) is 0 Å². The van der Waals surface area contributed by atoms with Gasteiger partial charge in [-0.3, -0.25) is 14.6 Å². The summed E-state index contributed by atoms with van der Waals surface area (Å²) >= 11 is 0. The third-order valence-corrected chi connectivity index (χ3v) is 5.71. The first-order valence-electron chi connectivity index (χ1n) is 9.57. The van der Waals surface area contributed by atoms with Crippen LogP contribution >= 0.6 is 0 Å². The number of aliphatic hydroxyl groups excluding tert-OH is 1. The number of anilines is 1. The molecular weight excluding hydrogens is 399 g/mol. The number of nitrogens with zero attached hydrogens (tertiary/aromatic N) is 3. The van der Waals surface area contributed by atoms with E-state index in [1.54, 1.807) is 48.8 Å². The van der Waals surface area contributed by atoms with Crippen LogP contribution in [-0.4, -0.2) is 58.2 Å². The molecule has 3 atom stereocenters. The lowest BCUT2D eigenvalue weighted by atomic mass is 9.71. The van der Waals surface area contributed by atoms with Gasteiger partial charge in [-0.25, -0.2) is 0 Å². The fourth-order valence-electron chi connectivity index (χ4n) is 4.51. The molecule has 30 heavy (non-hydrogen) atoms. The van der Waals surface area contributed by atoms with Gasteiger partial charge in [-0.1, -0.05) is 24.3 Å². The number of aromatic nitrogens is 1. The molecule has 1 aromatic carbocycles. The van der Waals surface area contributed by atoms with Crippen molar-refractivity contribution < 1.29 is 27.9 Å². The first-order chi connectivity index (χ1) is 14.3. The molecule has 2 amide bonds. The quantitative estimate of drug-likeness (QED) is 0.825. The maximum atomic E-state index is 12.9. The van der Waals surface area contributed by atoms with Gasteiger partial charge in [0, 0.05) is 30.5 Å². The number of carbonyl (C=O) groups is 2. The van der Waals surface area contributed by atoms with Crippen molar-refractivity contribution in [2.45, 2.75) is 37.0 Å². The van der Waals surface area contributed by atoms with Crippen LogP contribution in [0.2, 0.25) is 0 Å². The molecule has 1 aromatic heterocycles. The number of pyridine rings is 1. The Morgan fingerprint density at radius 3 is 2.57 bits per heavy atom. The zero-order valence-corrected chi connectivity index (χ0v) is 15.9. The van der Waals surface area contributed by atoms with Gasteiger partial charge in [-0.15, -0.1) is 0 Å². The second-order valence-electron chi connectivity index (χ2n) is 7.54. The molecule has 6 nitrogen and oxygen atoms in total. The van der Waals surface area contributed by atoms with E-state index in [4.69, 9.17) is 0 Å². The Morgan fingerprint density at radius 1 is 1.13 bits per heavy atom. The molecule has 0 unspecified atom stereocenters. The van der Waals surface area contributed by atoms with Crippen LogP contribution in [0.3, 0.4) is 0 Å². The van der Waals surface area contributed by atoms with Crippen molar-refractivity contribution in [3.05, 3.63) is 59.9 Å². The lowest BCUT2D eigenvalue weighted by molar-refractivity contribution is -0.155. The predicted octanol–water partition coefficient (Wildman–Crippen LogP) is 2.28. The number of likely N-dealkylation sites (tertiary alicyclic amines) is 1. The van der Waals surface area contributed by atoms with Gasteiger partial charge < -0.3 is 14.9 Å². The number of amides is 2. The maximum Gasteiger partial charge on any atom is 0.397 e. The lowest BCUT2D eigenvalue weighted by Crippen LogP contribution is -2.71. The molecule has 2 aliphatic heterocycles. The van der Waals surface area contributed by atoms with Gasteiger partial charge in [-0.2, -0.15) is 13.2 Å². The molecule has 0 saturated carbocycles. The van der Waals surface area contributed by atoms with Crippen LogP contribution in [-0.2, 0) is 16.0 Å². The fraction of sp³-hybridized carbons (Fsp3) is 0.381. The summed E-state index contributed by atoms with van der Waals surface area (Å²) in [5, 5.41) is 9.93. The van der Waals surface area contributed by atoms with E-state index in [0.717, 1.165) is 4.90 Å². The Kier molecular flexibility index (Phi) is 5.23. The standard InChI is InChI=1S/C21H20F3N3O3/c22-21(23,24)9-19(30)26-11-16-20(14-5-1-2-6-15(14)26)17(12-28)27(16)18(29)8-13-4-3-7-25-10-13/h1-7,10,16-17,20,28H,8-9,11-12H2/t16-,17-,20+/m0/s1. The molecule has 1 N–H and O–H groups in total. The highest BCUT2D eigenvalue weighted by atomic mass is 19.4. The van der Waals surface area contributed by atoms with E-state index in [1.807, 2.05) is 0 Å². The van der Waals surface area contributed by atoms with Gasteiger partial charge in [-0.05, 0) is 23.3 Å². The number of hydrogen-bond acceptors (Lipinski definition) is 4. The molecular formula is C21H20F3N3O3. The zero-order chi connectivity index (χ0) is 21.5. The Bertz CT molecular complexity index is 951. The Balaban J connectivity index is 1.63. The van der Waals surface area contributed by atoms with Crippen molar-refractivity contribution in [2.75, 3.05) is 18.1 Å². The molecule has 2 aliphatic rings. The van der Waals surface area contributed by atoms with Gasteiger partial charge >= 0.3 is 6.18 Å². The van der Waals surface area contributed by atoms with Gasteiger partial charge in [0.2, 0.25) is 11.8 Å². The monoisotopic (exact) mass is 419 g/mol. The van der Waals surface area contributed by atoms with Crippen LogP contribution in [0.4, 0.5) is 18.9 Å². The molecule has 9 heteroatoms. The SMILES string of the molecule is O=C(CC(F)(F)F)N1C[C@H]2[C@@H](c3ccccc31)[C@H](CO)N2C(=O)Cc1cccnc1. The number of fused-ring (bicyclic) bond motifs is 3. The highest BCUT2D eigenvalue weighted by molar-refractivity contribution is 5.96. The number of para-hydroxylation sites is 1. The van der Waals surface area contributed by atoms with Crippen molar-refractivity contribution >= 4 is 17.5 Å². The molecule has 0 spiro atoms. The smallest absolute Gasteiger partial charge is 0.394 e. The second-order valence-corrected chi connectivity index (χ2v) is 7.54. The summed E-state index contributed by atoms with van der Waals surface area (Å²) in [5.41, 5.74) is 1.78. The van der Waals surface area contributed by atoms with Crippen LogP contribution in [0, 0.1) is 0 Å². The van der Waals surface area contributed by atoms with Gasteiger partial charge in [0.1, 0.15) is 6.42 Å². The number of rotatable bonds is 4. The molecule has 0 bridgehead atoms. The average molecular weight is 419 g/mol. The Morgan fingerprint density at radius 2 is 1.90 bits per heavy atom. The predicted molar refractivity (Wildman–Crippen MR) is 102 cm³/mol. The molecule has 2 aromatic rings. The summed E-state index contributed by atoms with van der Waals surface area (Å²) < 4.78 is 38.5. The van der Waals surface area contributed by atoms with Crippen molar-refractivity contribution in [3.8, 4) is 0 Å².